The molecule has 0 saturated carbocycles. The van der Waals surface area contributed by atoms with Crippen LogP contribution < -0.4 is 4.90 Å². The van der Waals surface area contributed by atoms with Crippen LogP contribution in [0, 0.1) is 5.92 Å². The average Bonchev–Trinajstić information content (AvgIpc) is 3.29. The van der Waals surface area contributed by atoms with Gasteiger partial charge in [0, 0.05) is 30.7 Å². The second kappa shape index (κ2) is 6.52. The Morgan fingerprint density at radius 2 is 1.88 bits per heavy atom. The minimum absolute atomic E-state index is 0.581. The van der Waals surface area contributed by atoms with Crippen LogP contribution in [0.3, 0.4) is 0 Å². The Balaban J connectivity index is 1.34. The number of halogens is 1. The van der Waals surface area contributed by atoms with Crippen molar-refractivity contribution in [3.05, 3.63) is 53.3 Å². The van der Waals surface area contributed by atoms with Crippen molar-refractivity contribution < 1.29 is 0 Å². The number of fused-ring (bicyclic) bond motifs is 2. The molecule has 134 valence electrons. The van der Waals surface area contributed by atoms with Crippen LogP contribution in [0.1, 0.15) is 18.4 Å². The summed E-state index contributed by atoms with van der Waals surface area (Å²) >= 11 is 6.02. The van der Waals surface area contributed by atoms with Crippen molar-refractivity contribution in [2.24, 2.45) is 5.92 Å². The number of anilines is 1. The van der Waals surface area contributed by atoms with Gasteiger partial charge in [-0.25, -0.2) is 0 Å². The Morgan fingerprint density at radius 3 is 2.77 bits per heavy atom. The van der Waals surface area contributed by atoms with Crippen molar-refractivity contribution in [2.45, 2.75) is 25.4 Å². The first-order chi connectivity index (χ1) is 12.8. The maximum atomic E-state index is 6.02. The molecule has 0 amide bonds. The number of piperidine rings is 1. The van der Waals surface area contributed by atoms with Gasteiger partial charge in [-0.05, 0) is 55.1 Å². The van der Waals surface area contributed by atoms with Gasteiger partial charge in [-0.2, -0.15) is 4.52 Å². The molecular weight excluding hydrogens is 348 g/mol. The Bertz CT molecular complexity index is 908. The van der Waals surface area contributed by atoms with E-state index in [1.165, 1.54) is 24.9 Å². The van der Waals surface area contributed by atoms with Crippen molar-refractivity contribution in [3.8, 4) is 0 Å². The van der Waals surface area contributed by atoms with Crippen LogP contribution in [-0.2, 0) is 6.54 Å². The maximum absolute atomic E-state index is 6.02. The molecule has 4 heterocycles. The maximum Gasteiger partial charge on any atom is 0.177 e. The Labute approximate surface area is 157 Å². The normalized spacial score (nSPS) is 23.5. The molecular formula is C19H21ClN6. The van der Waals surface area contributed by atoms with Gasteiger partial charge in [-0.3, -0.25) is 4.90 Å². The van der Waals surface area contributed by atoms with Crippen LogP contribution in [0.25, 0.3) is 5.65 Å². The summed E-state index contributed by atoms with van der Waals surface area (Å²) < 4.78 is 1.75. The Morgan fingerprint density at radius 1 is 1.04 bits per heavy atom. The number of aromatic nitrogens is 4. The fourth-order valence-electron chi connectivity index (χ4n) is 4.34. The van der Waals surface area contributed by atoms with Gasteiger partial charge >= 0.3 is 0 Å². The lowest BCUT2D eigenvalue weighted by Crippen LogP contribution is -2.48. The molecule has 2 aliphatic heterocycles. The summed E-state index contributed by atoms with van der Waals surface area (Å²) in [5, 5.41) is 13.4. The minimum Gasteiger partial charge on any atom is -0.354 e. The summed E-state index contributed by atoms with van der Waals surface area (Å²) in [6.07, 6.45) is 4.18. The molecule has 0 bridgehead atoms. The summed E-state index contributed by atoms with van der Waals surface area (Å²) in [6, 6.07) is 12.9. The van der Waals surface area contributed by atoms with Gasteiger partial charge in [0.2, 0.25) is 0 Å². The second-order valence-electron chi connectivity index (χ2n) is 7.27. The monoisotopic (exact) mass is 368 g/mol. The summed E-state index contributed by atoms with van der Waals surface area (Å²) in [6.45, 7) is 4.25. The van der Waals surface area contributed by atoms with E-state index in [1.807, 2.05) is 18.2 Å². The van der Waals surface area contributed by atoms with Crippen LogP contribution in [0.2, 0.25) is 5.02 Å². The molecule has 6 nitrogen and oxygen atoms in total. The second-order valence-corrected chi connectivity index (χ2v) is 7.71. The third kappa shape index (κ3) is 2.93. The Kier molecular flexibility index (Phi) is 4.02. The van der Waals surface area contributed by atoms with E-state index in [0.717, 1.165) is 42.0 Å². The van der Waals surface area contributed by atoms with E-state index < -0.39 is 0 Å². The molecule has 0 N–H and O–H groups in total. The zero-order valence-corrected chi connectivity index (χ0v) is 15.3. The van der Waals surface area contributed by atoms with Crippen LogP contribution in [-0.4, -0.2) is 50.4 Å². The number of likely N-dealkylation sites (tertiary alicyclic amines) is 1. The fourth-order valence-corrected chi connectivity index (χ4v) is 4.47. The summed E-state index contributed by atoms with van der Waals surface area (Å²) in [7, 11) is 0. The van der Waals surface area contributed by atoms with E-state index in [-0.39, 0.29) is 0 Å². The third-order valence-corrected chi connectivity index (χ3v) is 6.00. The largest absolute Gasteiger partial charge is 0.354 e. The van der Waals surface area contributed by atoms with E-state index in [0.29, 0.717) is 6.04 Å². The first kappa shape index (κ1) is 16.0. The molecule has 0 spiro atoms. The topological polar surface area (TPSA) is 49.6 Å². The Hall–Kier alpha value is -2.18. The van der Waals surface area contributed by atoms with Gasteiger partial charge in [0.05, 0.1) is 0 Å². The summed E-state index contributed by atoms with van der Waals surface area (Å²) in [5.74, 6) is 1.80. The highest BCUT2D eigenvalue weighted by Gasteiger charge is 2.38. The fraction of sp³-hybridized carbons (Fsp3) is 0.421. The minimum atomic E-state index is 0.581. The lowest BCUT2D eigenvalue weighted by Gasteiger charge is -2.39. The molecule has 2 atom stereocenters. The van der Waals surface area contributed by atoms with E-state index in [1.54, 1.807) is 10.8 Å². The van der Waals surface area contributed by atoms with Gasteiger partial charge in [-0.1, -0.05) is 23.7 Å². The summed E-state index contributed by atoms with van der Waals surface area (Å²) in [5.41, 5.74) is 2.12. The van der Waals surface area contributed by atoms with Gasteiger partial charge < -0.3 is 4.90 Å². The third-order valence-electron chi connectivity index (χ3n) is 5.75. The lowest BCUT2D eigenvalue weighted by molar-refractivity contribution is 0.200. The van der Waals surface area contributed by atoms with E-state index in [2.05, 4.69) is 43.3 Å². The average molecular weight is 369 g/mol. The molecule has 5 rings (SSSR count). The standard InChI is InChI=1S/C19H21ClN6/c20-16-3-1-14(2-4-16)11-24-9-7-15-8-10-25(12-17(15)24)19-6-5-18-22-21-13-26(18)23-19/h1-6,13,15,17H,7-12H2. The van der Waals surface area contributed by atoms with Gasteiger partial charge in [0.1, 0.15) is 12.1 Å². The van der Waals surface area contributed by atoms with E-state index in [9.17, 15) is 0 Å². The smallest absolute Gasteiger partial charge is 0.177 e. The molecule has 2 fully saturated rings. The molecule has 2 aromatic heterocycles. The van der Waals surface area contributed by atoms with Crippen molar-refractivity contribution >= 4 is 23.1 Å². The van der Waals surface area contributed by atoms with Crippen molar-refractivity contribution in [1.29, 1.82) is 0 Å². The zero-order valence-electron chi connectivity index (χ0n) is 14.5. The number of hydrogen-bond acceptors (Lipinski definition) is 5. The van der Waals surface area contributed by atoms with Crippen LogP contribution in [0.4, 0.5) is 5.82 Å². The van der Waals surface area contributed by atoms with Gasteiger partial charge in [0.15, 0.2) is 5.65 Å². The highest BCUT2D eigenvalue weighted by molar-refractivity contribution is 6.30. The highest BCUT2D eigenvalue weighted by atomic mass is 35.5. The summed E-state index contributed by atoms with van der Waals surface area (Å²) in [4.78, 5) is 5.03. The van der Waals surface area contributed by atoms with Crippen LogP contribution >= 0.6 is 11.6 Å². The van der Waals surface area contributed by atoms with Crippen molar-refractivity contribution in [1.82, 2.24) is 24.7 Å². The molecule has 2 unspecified atom stereocenters. The van der Waals surface area contributed by atoms with Gasteiger partial charge in [-0.15, -0.1) is 15.3 Å². The predicted octanol–water partition coefficient (Wildman–Crippen LogP) is 2.88. The van der Waals surface area contributed by atoms with Crippen LogP contribution in [0.15, 0.2) is 42.7 Å². The lowest BCUT2D eigenvalue weighted by atomic mass is 9.92. The van der Waals surface area contributed by atoms with Crippen molar-refractivity contribution in [3.63, 3.8) is 0 Å². The molecule has 2 saturated heterocycles. The quantitative estimate of drug-likeness (QED) is 0.711. The first-order valence-electron chi connectivity index (χ1n) is 9.17. The molecule has 26 heavy (non-hydrogen) atoms. The highest BCUT2D eigenvalue weighted by Crippen LogP contribution is 2.34. The van der Waals surface area contributed by atoms with E-state index >= 15 is 0 Å². The van der Waals surface area contributed by atoms with Crippen molar-refractivity contribution in [2.75, 3.05) is 24.5 Å². The molecule has 3 aromatic rings. The SMILES string of the molecule is Clc1ccc(CN2CCC3CCN(c4ccc5nncn5n4)CC32)cc1. The number of hydrogen-bond donors (Lipinski definition) is 0. The predicted molar refractivity (Wildman–Crippen MR) is 101 cm³/mol. The first-order valence-corrected chi connectivity index (χ1v) is 9.54. The molecule has 0 aliphatic carbocycles. The number of nitrogens with zero attached hydrogens (tertiary/aromatic N) is 6. The number of benzene rings is 1. The molecule has 0 radical (unpaired) electrons. The molecule has 2 aliphatic rings. The zero-order chi connectivity index (χ0) is 17.5. The van der Waals surface area contributed by atoms with E-state index in [4.69, 9.17) is 11.6 Å². The number of rotatable bonds is 3. The van der Waals surface area contributed by atoms with Gasteiger partial charge in [0.25, 0.3) is 0 Å². The molecule has 7 heteroatoms. The van der Waals surface area contributed by atoms with Crippen LogP contribution in [0.5, 0.6) is 0 Å². The molecule has 1 aromatic carbocycles.